The first-order chi connectivity index (χ1) is 8.54. The highest BCUT2D eigenvalue weighted by Gasteiger charge is 2.10. The molecule has 4 nitrogen and oxygen atoms in total. The standard InChI is InChI=1S/C13H18ClNO3/c1-9(8-16)3-2-6-15-12-7-10(14)4-5-11(12)13(17)18/h4-5,7,9,15-16H,2-3,6,8H2,1H3,(H,17,18). The van der Waals surface area contributed by atoms with Crippen molar-refractivity contribution in [1.82, 2.24) is 0 Å². The largest absolute Gasteiger partial charge is 0.478 e. The van der Waals surface area contributed by atoms with Crippen molar-refractivity contribution < 1.29 is 15.0 Å². The monoisotopic (exact) mass is 271 g/mol. The van der Waals surface area contributed by atoms with Gasteiger partial charge in [0, 0.05) is 18.2 Å². The Balaban J connectivity index is 2.55. The van der Waals surface area contributed by atoms with Gasteiger partial charge in [-0.15, -0.1) is 0 Å². The van der Waals surface area contributed by atoms with Gasteiger partial charge < -0.3 is 15.5 Å². The summed E-state index contributed by atoms with van der Waals surface area (Å²) in [5.41, 5.74) is 0.751. The number of aliphatic hydroxyl groups excluding tert-OH is 1. The molecule has 0 aliphatic heterocycles. The predicted molar refractivity (Wildman–Crippen MR) is 72.4 cm³/mol. The number of benzene rings is 1. The summed E-state index contributed by atoms with van der Waals surface area (Å²) in [6, 6.07) is 4.66. The fourth-order valence-corrected chi connectivity index (χ4v) is 1.79. The molecule has 0 heterocycles. The van der Waals surface area contributed by atoms with Gasteiger partial charge >= 0.3 is 5.97 Å². The fraction of sp³-hybridized carbons (Fsp3) is 0.462. The summed E-state index contributed by atoms with van der Waals surface area (Å²) >= 11 is 5.84. The summed E-state index contributed by atoms with van der Waals surface area (Å²) in [4.78, 5) is 11.0. The van der Waals surface area contributed by atoms with Crippen LogP contribution in [0, 0.1) is 5.92 Å². The number of carboxylic acid groups (broad SMARTS) is 1. The van der Waals surface area contributed by atoms with Crippen LogP contribution in [-0.4, -0.2) is 29.3 Å². The average molecular weight is 272 g/mol. The van der Waals surface area contributed by atoms with Crippen LogP contribution in [0.1, 0.15) is 30.1 Å². The summed E-state index contributed by atoms with van der Waals surface area (Å²) in [6.07, 6.45) is 1.76. The molecule has 0 spiro atoms. The topological polar surface area (TPSA) is 69.6 Å². The first-order valence-corrected chi connectivity index (χ1v) is 6.30. The van der Waals surface area contributed by atoms with Gasteiger partial charge in [0.2, 0.25) is 0 Å². The second kappa shape index (κ2) is 7.24. The van der Waals surface area contributed by atoms with Gasteiger partial charge in [-0.3, -0.25) is 0 Å². The zero-order valence-corrected chi connectivity index (χ0v) is 11.1. The quantitative estimate of drug-likeness (QED) is 0.667. The molecular weight excluding hydrogens is 254 g/mol. The SMILES string of the molecule is CC(CO)CCCNc1cc(Cl)ccc1C(=O)O. The second-order valence-corrected chi connectivity index (χ2v) is 4.79. The number of carboxylic acids is 1. The highest BCUT2D eigenvalue weighted by molar-refractivity contribution is 6.31. The van der Waals surface area contributed by atoms with Crippen molar-refractivity contribution in [3.8, 4) is 0 Å². The molecule has 0 saturated heterocycles. The molecule has 0 saturated carbocycles. The highest BCUT2D eigenvalue weighted by Crippen LogP contribution is 2.21. The van der Waals surface area contributed by atoms with E-state index in [9.17, 15) is 4.79 Å². The summed E-state index contributed by atoms with van der Waals surface area (Å²) in [7, 11) is 0. The van der Waals surface area contributed by atoms with Crippen LogP contribution >= 0.6 is 11.6 Å². The summed E-state index contributed by atoms with van der Waals surface area (Å²) in [6.45, 7) is 2.81. The lowest BCUT2D eigenvalue weighted by Gasteiger charge is -2.11. The Bertz CT molecular complexity index is 409. The molecule has 0 radical (unpaired) electrons. The third-order valence-electron chi connectivity index (χ3n) is 2.71. The Kier molecular flexibility index (Phi) is 5.95. The first kappa shape index (κ1) is 14.8. The number of nitrogens with one attached hydrogen (secondary N) is 1. The number of aliphatic hydroxyl groups is 1. The van der Waals surface area contributed by atoms with Crippen LogP contribution in [0.4, 0.5) is 5.69 Å². The lowest BCUT2D eigenvalue weighted by Crippen LogP contribution is -2.09. The molecule has 0 aliphatic carbocycles. The molecule has 1 aromatic carbocycles. The molecule has 0 fully saturated rings. The van der Waals surface area contributed by atoms with Crippen molar-refractivity contribution >= 4 is 23.3 Å². The first-order valence-electron chi connectivity index (χ1n) is 5.92. The molecule has 3 N–H and O–H groups in total. The van der Waals surface area contributed by atoms with E-state index < -0.39 is 5.97 Å². The number of carbonyl (C=O) groups is 1. The van der Waals surface area contributed by atoms with Gasteiger partial charge in [0.25, 0.3) is 0 Å². The number of hydrogen-bond donors (Lipinski definition) is 3. The van der Waals surface area contributed by atoms with Gasteiger partial charge in [0.15, 0.2) is 0 Å². The van der Waals surface area contributed by atoms with Crippen molar-refractivity contribution in [3.63, 3.8) is 0 Å². The molecule has 1 rings (SSSR count). The molecular formula is C13H18ClNO3. The molecule has 18 heavy (non-hydrogen) atoms. The van der Waals surface area contributed by atoms with Crippen molar-refractivity contribution in [2.24, 2.45) is 5.92 Å². The lowest BCUT2D eigenvalue weighted by atomic mass is 10.1. The Hall–Kier alpha value is -1.26. The maximum Gasteiger partial charge on any atom is 0.337 e. The minimum atomic E-state index is -0.974. The average Bonchev–Trinajstić information content (AvgIpc) is 2.34. The third kappa shape index (κ3) is 4.55. The van der Waals surface area contributed by atoms with Gasteiger partial charge in [0.1, 0.15) is 0 Å². The van der Waals surface area contributed by atoms with Gasteiger partial charge in [-0.2, -0.15) is 0 Å². The lowest BCUT2D eigenvalue weighted by molar-refractivity contribution is 0.0698. The normalized spacial score (nSPS) is 12.2. The van der Waals surface area contributed by atoms with E-state index in [0.717, 1.165) is 12.8 Å². The molecule has 5 heteroatoms. The van der Waals surface area contributed by atoms with Crippen LogP contribution in [0.25, 0.3) is 0 Å². The summed E-state index contributed by atoms with van der Waals surface area (Å²) in [5, 5.41) is 21.5. The maximum absolute atomic E-state index is 11.0. The van der Waals surface area contributed by atoms with E-state index >= 15 is 0 Å². The zero-order chi connectivity index (χ0) is 13.5. The molecule has 1 unspecified atom stereocenters. The minimum absolute atomic E-state index is 0.178. The van der Waals surface area contributed by atoms with Crippen molar-refractivity contribution in [3.05, 3.63) is 28.8 Å². The van der Waals surface area contributed by atoms with E-state index in [1.807, 2.05) is 6.92 Å². The van der Waals surface area contributed by atoms with E-state index in [1.165, 1.54) is 6.07 Å². The van der Waals surface area contributed by atoms with Crippen molar-refractivity contribution in [1.29, 1.82) is 0 Å². The van der Waals surface area contributed by atoms with E-state index in [1.54, 1.807) is 12.1 Å². The van der Waals surface area contributed by atoms with E-state index in [4.69, 9.17) is 21.8 Å². The van der Waals surface area contributed by atoms with Crippen LogP contribution < -0.4 is 5.32 Å². The molecule has 0 amide bonds. The fourth-order valence-electron chi connectivity index (χ4n) is 1.61. The highest BCUT2D eigenvalue weighted by atomic mass is 35.5. The molecule has 100 valence electrons. The summed E-state index contributed by atoms with van der Waals surface area (Å²) in [5.74, 6) is -0.706. The Labute approximate surface area is 112 Å². The van der Waals surface area contributed by atoms with E-state index in [-0.39, 0.29) is 18.1 Å². The Morgan fingerprint density at radius 1 is 1.50 bits per heavy atom. The van der Waals surface area contributed by atoms with Crippen LogP contribution in [-0.2, 0) is 0 Å². The van der Waals surface area contributed by atoms with Crippen molar-refractivity contribution in [2.75, 3.05) is 18.5 Å². The number of rotatable bonds is 7. The van der Waals surface area contributed by atoms with Crippen LogP contribution in [0.15, 0.2) is 18.2 Å². The molecule has 0 aliphatic rings. The smallest absolute Gasteiger partial charge is 0.337 e. The Morgan fingerprint density at radius 2 is 2.22 bits per heavy atom. The third-order valence-corrected chi connectivity index (χ3v) is 2.95. The predicted octanol–water partition coefficient (Wildman–Crippen LogP) is 2.86. The maximum atomic E-state index is 11.0. The molecule has 0 bridgehead atoms. The molecule has 1 atom stereocenters. The van der Waals surface area contributed by atoms with Gasteiger partial charge in [-0.05, 0) is 37.0 Å². The number of hydrogen-bond acceptors (Lipinski definition) is 3. The second-order valence-electron chi connectivity index (χ2n) is 4.35. The molecule has 1 aromatic rings. The van der Waals surface area contributed by atoms with Gasteiger partial charge in [0.05, 0.1) is 11.3 Å². The van der Waals surface area contributed by atoms with Crippen LogP contribution in [0.2, 0.25) is 5.02 Å². The Morgan fingerprint density at radius 3 is 2.83 bits per heavy atom. The minimum Gasteiger partial charge on any atom is -0.478 e. The van der Waals surface area contributed by atoms with Crippen molar-refractivity contribution in [2.45, 2.75) is 19.8 Å². The van der Waals surface area contributed by atoms with E-state index in [2.05, 4.69) is 5.32 Å². The number of anilines is 1. The summed E-state index contributed by atoms with van der Waals surface area (Å²) < 4.78 is 0. The number of halogens is 1. The van der Waals surface area contributed by atoms with Crippen LogP contribution in [0.3, 0.4) is 0 Å². The van der Waals surface area contributed by atoms with Crippen LogP contribution in [0.5, 0.6) is 0 Å². The van der Waals surface area contributed by atoms with E-state index in [0.29, 0.717) is 17.3 Å². The molecule has 0 aromatic heterocycles. The van der Waals surface area contributed by atoms with Gasteiger partial charge in [-0.1, -0.05) is 18.5 Å². The zero-order valence-electron chi connectivity index (χ0n) is 10.3. The number of aromatic carboxylic acids is 1. The van der Waals surface area contributed by atoms with Gasteiger partial charge in [-0.25, -0.2) is 4.79 Å².